The van der Waals surface area contributed by atoms with Crippen LogP contribution in [-0.2, 0) is 9.53 Å². The van der Waals surface area contributed by atoms with Crippen molar-refractivity contribution < 1.29 is 14.6 Å². The van der Waals surface area contributed by atoms with Crippen LogP contribution < -0.4 is 0 Å². The number of ketones is 1. The predicted molar refractivity (Wildman–Crippen MR) is 38.0 cm³/mol. The van der Waals surface area contributed by atoms with E-state index >= 15 is 0 Å². The van der Waals surface area contributed by atoms with E-state index in [2.05, 4.69) is 0 Å². The molecule has 0 amide bonds. The quantitative estimate of drug-likeness (QED) is 0.536. The molecule has 1 heterocycles. The van der Waals surface area contributed by atoms with Crippen molar-refractivity contribution in [3.05, 3.63) is 0 Å². The van der Waals surface area contributed by atoms with E-state index in [9.17, 15) is 9.90 Å². The van der Waals surface area contributed by atoms with E-state index in [4.69, 9.17) is 4.74 Å². The molecule has 1 saturated heterocycles. The van der Waals surface area contributed by atoms with Gasteiger partial charge in [0.15, 0.2) is 0 Å². The van der Waals surface area contributed by atoms with E-state index < -0.39 is 6.10 Å². The molecule has 2 bridgehead atoms. The lowest BCUT2D eigenvalue weighted by atomic mass is 9.77. The molecule has 1 aliphatic carbocycles. The number of hydrogen-bond donors (Lipinski definition) is 1. The first kappa shape index (κ1) is 7.25. The second-order valence-electron chi connectivity index (χ2n) is 3.39. The zero-order valence-electron chi connectivity index (χ0n) is 6.32. The van der Waals surface area contributed by atoms with Crippen LogP contribution in [0.3, 0.4) is 0 Å². The van der Waals surface area contributed by atoms with Gasteiger partial charge in [0.25, 0.3) is 0 Å². The van der Waals surface area contributed by atoms with Gasteiger partial charge in [-0.2, -0.15) is 0 Å². The van der Waals surface area contributed by atoms with E-state index in [0.717, 1.165) is 12.8 Å². The number of carbonyl (C=O) groups is 1. The predicted octanol–water partition coefficient (Wildman–Crippen LogP) is -0.0272. The molecule has 3 heteroatoms. The second kappa shape index (κ2) is 2.57. The van der Waals surface area contributed by atoms with Gasteiger partial charge in [-0.3, -0.25) is 4.79 Å². The summed E-state index contributed by atoms with van der Waals surface area (Å²) in [5.41, 5.74) is 0. The van der Waals surface area contributed by atoms with Crippen LogP contribution in [0.1, 0.15) is 12.8 Å². The van der Waals surface area contributed by atoms with E-state index in [1.807, 2.05) is 0 Å². The third kappa shape index (κ3) is 1.08. The SMILES string of the molecule is O=C1C2CCC(O)C1COC2. The summed E-state index contributed by atoms with van der Waals surface area (Å²) >= 11 is 0. The Hall–Kier alpha value is -0.410. The number of aliphatic hydroxyl groups is 1. The van der Waals surface area contributed by atoms with Gasteiger partial charge in [0.05, 0.1) is 25.2 Å². The summed E-state index contributed by atoms with van der Waals surface area (Å²) in [5.74, 6) is 0.0784. The van der Waals surface area contributed by atoms with Crippen LogP contribution in [0, 0.1) is 11.8 Å². The normalized spacial score (nSPS) is 44.1. The van der Waals surface area contributed by atoms with Crippen molar-refractivity contribution in [3.8, 4) is 0 Å². The number of rotatable bonds is 0. The molecule has 1 aliphatic heterocycles. The number of ether oxygens (including phenoxy) is 1. The number of hydrogen-bond acceptors (Lipinski definition) is 3. The Kier molecular flexibility index (Phi) is 1.69. The fraction of sp³-hybridized carbons (Fsp3) is 0.875. The highest BCUT2D eigenvalue weighted by atomic mass is 16.5. The van der Waals surface area contributed by atoms with Crippen molar-refractivity contribution in [2.45, 2.75) is 18.9 Å². The summed E-state index contributed by atoms with van der Waals surface area (Å²) in [7, 11) is 0. The smallest absolute Gasteiger partial charge is 0.146 e. The monoisotopic (exact) mass is 156 g/mol. The fourth-order valence-corrected chi connectivity index (χ4v) is 1.90. The zero-order chi connectivity index (χ0) is 7.84. The molecule has 1 N–H and O–H groups in total. The first-order valence-electron chi connectivity index (χ1n) is 4.08. The largest absolute Gasteiger partial charge is 0.392 e. The van der Waals surface area contributed by atoms with Gasteiger partial charge in [0.2, 0.25) is 0 Å². The minimum atomic E-state index is -0.445. The summed E-state index contributed by atoms with van der Waals surface area (Å²) in [4.78, 5) is 11.4. The molecular formula is C8H12O3. The Balaban J connectivity index is 2.16. The van der Waals surface area contributed by atoms with Gasteiger partial charge in [-0.15, -0.1) is 0 Å². The van der Waals surface area contributed by atoms with Crippen LogP contribution in [0.4, 0.5) is 0 Å². The van der Waals surface area contributed by atoms with Gasteiger partial charge in [0.1, 0.15) is 5.78 Å². The third-order valence-electron chi connectivity index (χ3n) is 2.66. The highest BCUT2D eigenvalue weighted by Crippen LogP contribution is 2.30. The number of carbonyl (C=O) groups excluding carboxylic acids is 1. The zero-order valence-corrected chi connectivity index (χ0v) is 6.32. The molecule has 2 rings (SSSR count). The Labute approximate surface area is 65.4 Å². The van der Waals surface area contributed by atoms with Crippen molar-refractivity contribution in [1.82, 2.24) is 0 Å². The second-order valence-corrected chi connectivity index (χ2v) is 3.39. The lowest BCUT2D eigenvalue weighted by Gasteiger charge is -2.35. The molecule has 0 aromatic rings. The maximum atomic E-state index is 11.4. The molecule has 3 nitrogen and oxygen atoms in total. The lowest BCUT2D eigenvalue weighted by Crippen LogP contribution is -2.46. The molecule has 0 aromatic heterocycles. The van der Waals surface area contributed by atoms with Crippen molar-refractivity contribution >= 4 is 5.78 Å². The van der Waals surface area contributed by atoms with Crippen molar-refractivity contribution in [2.75, 3.05) is 13.2 Å². The standard InChI is InChI=1S/C8H12O3/c9-7-2-1-5-3-11-4-6(7)8(5)10/h5-7,9H,1-4H2. The molecule has 3 atom stereocenters. The van der Waals surface area contributed by atoms with Gasteiger partial charge in [-0.1, -0.05) is 0 Å². The van der Waals surface area contributed by atoms with Gasteiger partial charge in [-0.05, 0) is 12.8 Å². The molecule has 2 fully saturated rings. The summed E-state index contributed by atoms with van der Waals surface area (Å²) < 4.78 is 5.20. The van der Waals surface area contributed by atoms with Crippen LogP contribution in [0.2, 0.25) is 0 Å². The van der Waals surface area contributed by atoms with Gasteiger partial charge in [-0.25, -0.2) is 0 Å². The molecule has 11 heavy (non-hydrogen) atoms. The van der Waals surface area contributed by atoms with Crippen LogP contribution in [0.15, 0.2) is 0 Å². The molecular weight excluding hydrogens is 144 g/mol. The average molecular weight is 156 g/mol. The van der Waals surface area contributed by atoms with Crippen LogP contribution in [0.5, 0.6) is 0 Å². The number of aliphatic hydroxyl groups excluding tert-OH is 1. The van der Waals surface area contributed by atoms with E-state index in [0.29, 0.717) is 13.2 Å². The molecule has 1 saturated carbocycles. The Bertz CT molecular complexity index is 178. The Morgan fingerprint density at radius 3 is 2.91 bits per heavy atom. The van der Waals surface area contributed by atoms with Crippen molar-refractivity contribution in [3.63, 3.8) is 0 Å². The lowest BCUT2D eigenvalue weighted by molar-refractivity contribution is -0.149. The summed E-state index contributed by atoms with van der Waals surface area (Å²) in [6.07, 6.45) is 1.13. The molecule has 0 aromatic carbocycles. The van der Waals surface area contributed by atoms with Gasteiger partial charge in [0, 0.05) is 5.92 Å². The van der Waals surface area contributed by atoms with Crippen LogP contribution in [-0.4, -0.2) is 30.2 Å². The molecule has 0 spiro atoms. The Morgan fingerprint density at radius 2 is 2.18 bits per heavy atom. The maximum absolute atomic E-state index is 11.4. The minimum Gasteiger partial charge on any atom is -0.392 e. The van der Waals surface area contributed by atoms with E-state index in [1.54, 1.807) is 0 Å². The molecule has 0 radical (unpaired) electrons. The van der Waals surface area contributed by atoms with Crippen molar-refractivity contribution in [2.24, 2.45) is 11.8 Å². The molecule has 2 aliphatic rings. The first-order valence-corrected chi connectivity index (χ1v) is 4.08. The van der Waals surface area contributed by atoms with Crippen LogP contribution in [0.25, 0.3) is 0 Å². The van der Waals surface area contributed by atoms with Crippen molar-refractivity contribution in [1.29, 1.82) is 0 Å². The highest BCUT2D eigenvalue weighted by molar-refractivity contribution is 5.85. The summed E-state index contributed by atoms with van der Waals surface area (Å²) in [5, 5.41) is 9.39. The summed E-state index contributed by atoms with van der Waals surface area (Å²) in [6.45, 7) is 0.999. The van der Waals surface area contributed by atoms with E-state index in [1.165, 1.54) is 0 Å². The molecule has 3 unspecified atom stereocenters. The van der Waals surface area contributed by atoms with Gasteiger partial charge < -0.3 is 9.84 Å². The fourth-order valence-electron chi connectivity index (χ4n) is 1.90. The number of Topliss-reactive ketones (excluding diaryl/α,β-unsaturated/α-hetero) is 1. The maximum Gasteiger partial charge on any atom is 0.146 e. The first-order chi connectivity index (χ1) is 5.29. The third-order valence-corrected chi connectivity index (χ3v) is 2.66. The number of fused-ring (bicyclic) bond motifs is 2. The Morgan fingerprint density at radius 1 is 1.36 bits per heavy atom. The topological polar surface area (TPSA) is 46.5 Å². The van der Waals surface area contributed by atoms with Gasteiger partial charge >= 0.3 is 0 Å². The minimum absolute atomic E-state index is 0.0807. The average Bonchev–Trinajstić information content (AvgIpc) is 1.98. The summed E-state index contributed by atoms with van der Waals surface area (Å²) in [6, 6.07) is 0. The van der Waals surface area contributed by atoms with E-state index in [-0.39, 0.29) is 17.6 Å². The molecule has 62 valence electrons. The van der Waals surface area contributed by atoms with Crippen LogP contribution >= 0.6 is 0 Å². The highest BCUT2D eigenvalue weighted by Gasteiger charge is 2.40.